The lowest BCUT2D eigenvalue weighted by Gasteiger charge is -2.13. The van der Waals surface area contributed by atoms with Gasteiger partial charge in [-0.1, -0.05) is 18.2 Å². The molecular weight excluding hydrogens is 422 g/mol. The van der Waals surface area contributed by atoms with Crippen molar-refractivity contribution in [3.8, 4) is 11.5 Å². The smallest absolute Gasteiger partial charge is 0.263 e. The molecule has 0 amide bonds. The molecule has 1 aromatic heterocycles. The van der Waals surface area contributed by atoms with Crippen molar-refractivity contribution >= 4 is 37.0 Å². The molecule has 0 aliphatic heterocycles. The molecule has 0 saturated heterocycles. The first kappa shape index (κ1) is 24.0. The number of nitrogens with one attached hydrogen (secondary N) is 1. The molecular formula is C18H21Cl2FN6O2. The highest BCUT2D eigenvalue weighted by molar-refractivity contribution is 5.85. The second-order valence-electron chi connectivity index (χ2n) is 5.45. The topological polar surface area (TPSA) is 99.6 Å². The molecule has 11 heteroatoms. The molecule has 0 radical (unpaired) electrons. The fourth-order valence-electron chi connectivity index (χ4n) is 2.25. The van der Waals surface area contributed by atoms with Crippen molar-refractivity contribution < 1.29 is 13.9 Å². The number of rotatable bonds is 8. The van der Waals surface area contributed by atoms with Crippen LogP contribution in [0.15, 0.2) is 53.9 Å². The van der Waals surface area contributed by atoms with Gasteiger partial charge in [0.05, 0.1) is 12.8 Å². The molecule has 29 heavy (non-hydrogen) atoms. The van der Waals surface area contributed by atoms with E-state index in [1.807, 2.05) is 6.92 Å². The number of aromatic nitrogens is 3. The summed E-state index contributed by atoms with van der Waals surface area (Å²) in [5.41, 5.74) is 3.92. The molecule has 3 rings (SSSR count). The van der Waals surface area contributed by atoms with Crippen LogP contribution < -0.4 is 20.7 Å². The van der Waals surface area contributed by atoms with Crippen molar-refractivity contribution in [3.63, 3.8) is 0 Å². The number of anilines is 1. The van der Waals surface area contributed by atoms with Gasteiger partial charge < -0.3 is 15.3 Å². The number of nitrogen functional groups attached to an aromatic ring is 1. The molecule has 0 fully saturated rings. The summed E-state index contributed by atoms with van der Waals surface area (Å²) in [5.74, 6) is 6.65. The lowest BCUT2D eigenvalue weighted by Crippen LogP contribution is -2.10. The van der Waals surface area contributed by atoms with Crippen molar-refractivity contribution in [2.24, 2.45) is 5.10 Å². The zero-order valence-corrected chi connectivity index (χ0v) is 17.1. The first-order valence-corrected chi connectivity index (χ1v) is 8.24. The molecule has 0 aliphatic carbocycles. The number of hydrazone groups is 1. The zero-order chi connectivity index (χ0) is 19.1. The highest BCUT2D eigenvalue weighted by Crippen LogP contribution is 2.29. The van der Waals surface area contributed by atoms with Crippen LogP contribution in [-0.4, -0.2) is 27.7 Å². The maximum Gasteiger partial charge on any atom is 0.263 e. The van der Waals surface area contributed by atoms with Gasteiger partial charge in [0.1, 0.15) is 18.8 Å². The van der Waals surface area contributed by atoms with Crippen molar-refractivity contribution in [3.05, 3.63) is 65.7 Å². The van der Waals surface area contributed by atoms with Crippen molar-refractivity contribution in [2.45, 2.75) is 13.5 Å². The Hall–Kier alpha value is -3.04. The van der Waals surface area contributed by atoms with E-state index in [0.717, 1.165) is 5.56 Å². The van der Waals surface area contributed by atoms with Gasteiger partial charge in [0.15, 0.2) is 11.5 Å². The molecule has 156 valence electrons. The lowest BCUT2D eigenvalue weighted by atomic mass is 10.2. The summed E-state index contributed by atoms with van der Waals surface area (Å²) >= 11 is 0. The molecule has 0 bridgehead atoms. The quantitative estimate of drug-likeness (QED) is 0.315. The van der Waals surface area contributed by atoms with E-state index in [1.54, 1.807) is 42.6 Å². The van der Waals surface area contributed by atoms with Crippen LogP contribution in [0, 0.1) is 5.82 Å². The van der Waals surface area contributed by atoms with Crippen LogP contribution in [0.1, 0.15) is 18.1 Å². The number of hydrogen-bond acceptors (Lipinski definition) is 7. The van der Waals surface area contributed by atoms with Crippen LogP contribution in [0.25, 0.3) is 0 Å². The van der Waals surface area contributed by atoms with E-state index < -0.39 is 0 Å². The molecule has 0 spiro atoms. The summed E-state index contributed by atoms with van der Waals surface area (Å²) < 4.78 is 26.3. The first-order valence-electron chi connectivity index (χ1n) is 8.24. The van der Waals surface area contributed by atoms with Crippen LogP contribution >= 0.6 is 24.8 Å². The van der Waals surface area contributed by atoms with Gasteiger partial charge in [0, 0.05) is 5.56 Å². The molecule has 0 atom stereocenters. The van der Waals surface area contributed by atoms with Crippen LogP contribution in [0.2, 0.25) is 0 Å². The summed E-state index contributed by atoms with van der Waals surface area (Å²) in [5, 5.41) is 11.5. The Kier molecular flexibility index (Phi) is 9.70. The Morgan fingerprint density at radius 2 is 1.97 bits per heavy atom. The van der Waals surface area contributed by atoms with Gasteiger partial charge in [-0.3, -0.25) is 0 Å². The van der Waals surface area contributed by atoms with Gasteiger partial charge in [0.2, 0.25) is 0 Å². The number of ether oxygens (including phenoxy) is 2. The fraction of sp³-hybridized carbons (Fsp3) is 0.167. The number of halogens is 3. The minimum atomic E-state index is -0.307. The van der Waals surface area contributed by atoms with E-state index in [4.69, 9.17) is 15.3 Å². The Morgan fingerprint density at radius 3 is 2.66 bits per heavy atom. The Labute approximate surface area is 179 Å². The van der Waals surface area contributed by atoms with Gasteiger partial charge in [-0.2, -0.15) is 5.10 Å². The summed E-state index contributed by atoms with van der Waals surface area (Å²) in [6.07, 6.45) is 2.94. The van der Waals surface area contributed by atoms with E-state index in [0.29, 0.717) is 29.6 Å². The lowest BCUT2D eigenvalue weighted by molar-refractivity contribution is 0.266. The molecule has 3 aromatic rings. The van der Waals surface area contributed by atoms with E-state index in [1.165, 1.54) is 17.1 Å². The molecule has 0 aliphatic rings. The van der Waals surface area contributed by atoms with Crippen molar-refractivity contribution in [2.75, 3.05) is 17.9 Å². The highest BCUT2D eigenvalue weighted by atomic mass is 35.5. The fourth-order valence-corrected chi connectivity index (χ4v) is 2.25. The predicted molar refractivity (Wildman–Crippen MR) is 114 cm³/mol. The Morgan fingerprint density at radius 1 is 1.17 bits per heavy atom. The number of nitrogens with zero attached hydrogens (tertiary/aromatic N) is 4. The van der Waals surface area contributed by atoms with Gasteiger partial charge >= 0.3 is 0 Å². The summed E-state index contributed by atoms with van der Waals surface area (Å²) in [4.78, 5) is 0. The molecule has 8 nitrogen and oxygen atoms in total. The first-order chi connectivity index (χ1) is 13.2. The van der Waals surface area contributed by atoms with Crippen LogP contribution in [0.3, 0.4) is 0 Å². The second-order valence-corrected chi connectivity index (χ2v) is 5.45. The van der Waals surface area contributed by atoms with Gasteiger partial charge in [-0.05, 0) is 36.8 Å². The average Bonchev–Trinajstić information content (AvgIpc) is 3.07. The van der Waals surface area contributed by atoms with Crippen LogP contribution in [0.4, 0.5) is 10.3 Å². The normalized spacial score (nSPS) is 10.1. The second kappa shape index (κ2) is 11.7. The molecule has 0 unspecified atom stereocenters. The van der Waals surface area contributed by atoms with E-state index in [9.17, 15) is 4.39 Å². The largest absolute Gasteiger partial charge is 0.490 e. The highest BCUT2D eigenvalue weighted by Gasteiger charge is 2.08. The average molecular weight is 443 g/mol. The van der Waals surface area contributed by atoms with E-state index in [2.05, 4.69) is 20.7 Å². The molecule has 0 saturated carbocycles. The third kappa shape index (κ3) is 6.51. The number of hydrogen-bond donors (Lipinski definition) is 2. The third-order valence-electron chi connectivity index (χ3n) is 3.56. The predicted octanol–water partition coefficient (Wildman–Crippen LogP) is 3.40. The Bertz CT molecular complexity index is 938. The van der Waals surface area contributed by atoms with Gasteiger partial charge in [-0.15, -0.1) is 35.0 Å². The SMILES string of the molecule is CCOc1cc(/C=N\Nc2nncn2N)ccc1OCc1ccccc1F.Cl.Cl. The van der Waals surface area contributed by atoms with Crippen molar-refractivity contribution in [1.82, 2.24) is 14.9 Å². The van der Waals surface area contributed by atoms with E-state index in [-0.39, 0.29) is 37.2 Å². The summed E-state index contributed by atoms with van der Waals surface area (Å²) in [7, 11) is 0. The number of nitrogens with two attached hydrogens (primary N) is 1. The van der Waals surface area contributed by atoms with Crippen LogP contribution in [0.5, 0.6) is 11.5 Å². The third-order valence-corrected chi connectivity index (χ3v) is 3.56. The van der Waals surface area contributed by atoms with Gasteiger partial charge in [-0.25, -0.2) is 14.5 Å². The zero-order valence-electron chi connectivity index (χ0n) is 15.5. The summed E-state index contributed by atoms with van der Waals surface area (Å²) in [6, 6.07) is 11.8. The maximum atomic E-state index is 13.7. The minimum absolute atomic E-state index is 0. The van der Waals surface area contributed by atoms with Crippen molar-refractivity contribution in [1.29, 1.82) is 0 Å². The minimum Gasteiger partial charge on any atom is -0.490 e. The number of benzene rings is 2. The van der Waals surface area contributed by atoms with E-state index >= 15 is 0 Å². The maximum absolute atomic E-state index is 13.7. The standard InChI is InChI=1S/C18H19FN6O2.2ClH/c1-2-26-17-9-13(10-21-23-18-24-22-12-25(18)20)7-8-16(17)27-11-14-5-3-4-6-15(14)19;;/h3-10,12H,2,11,20H2,1H3,(H,23,24);2*1H/b21-10-;;. The monoisotopic (exact) mass is 442 g/mol. The molecule has 3 N–H and O–H groups in total. The van der Waals surface area contributed by atoms with Crippen LogP contribution in [-0.2, 0) is 6.61 Å². The molecule has 2 aromatic carbocycles. The van der Waals surface area contributed by atoms with Gasteiger partial charge in [0.25, 0.3) is 5.95 Å². The summed E-state index contributed by atoms with van der Waals surface area (Å²) in [6.45, 7) is 2.44. The molecule has 1 heterocycles. The Balaban J connectivity index is 0.00000210.